The van der Waals surface area contributed by atoms with Gasteiger partial charge in [0, 0.05) is 30.9 Å². The number of sulfonamides is 1. The minimum Gasteiger partial charge on any atom is -0.470 e. The number of thiazole rings is 1. The van der Waals surface area contributed by atoms with Crippen molar-refractivity contribution in [2.24, 2.45) is 0 Å². The maximum Gasteiger partial charge on any atom is 0.246 e. The molecule has 2 aliphatic rings. The van der Waals surface area contributed by atoms with Crippen molar-refractivity contribution in [1.29, 1.82) is 0 Å². The van der Waals surface area contributed by atoms with E-state index in [0.717, 1.165) is 5.01 Å². The van der Waals surface area contributed by atoms with Crippen LogP contribution in [-0.4, -0.2) is 48.5 Å². The summed E-state index contributed by atoms with van der Waals surface area (Å²) in [6.07, 6.45) is 3.07. The highest BCUT2D eigenvalue weighted by molar-refractivity contribution is 7.89. The third-order valence-corrected chi connectivity index (χ3v) is 6.05. The lowest BCUT2D eigenvalue weighted by atomic mass is 10.2. The Bertz CT molecular complexity index is 778. The molecule has 2 aromatic rings. The number of rotatable bonds is 2. The minimum atomic E-state index is -3.60. The second-order valence-corrected chi connectivity index (χ2v) is 7.97. The van der Waals surface area contributed by atoms with Crippen LogP contribution in [0.2, 0.25) is 0 Å². The van der Waals surface area contributed by atoms with Gasteiger partial charge in [-0.2, -0.15) is 0 Å². The molecule has 0 amide bonds. The number of ether oxygens (including phenoxy) is 1. The highest BCUT2D eigenvalue weighted by Crippen LogP contribution is 2.29. The minimum absolute atomic E-state index is 0.107. The van der Waals surface area contributed by atoms with Gasteiger partial charge in [0.2, 0.25) is 15.9 Å². The van der Waals surface area contributed by atoms with Crippen molar-refractivity contribution in [3.63, 3.8) is 0 Å². The molecule has 2 unspecified atom stereocenters. The number of nitrogens with one attached hydrogen (secondary N) is 1. The molecule has 2 aromatic heterocycles. The topological polar surface area (TPSA) is 84.4 Å². The predicted octanol–water partition coefficient (Wildman–Crippen LogP) is 0.462. The van der Waals surface area contributed by atoms with Gasteiger partial charge in [0.15, 0.2) is 0 Å². The Labute approximate surface area is 132 Å². The van der Waals surface area contributed by atoms with Crippen LogP contribution in [0, 0.1) is 0 Å². The van der Waals surface area contributed by atoms with Crippen LogP contribution in [0.15, 0.2) is 34.8 Å². The first-order valence-electron chi connectivity index (χ1n) is 6.86. The third kappa shape index (κ3) is 2.50. The molecule has 22 heavy (non-hydrogen) atoms. The van der Waals surface area contributed by atoms with E-state index in [1.165, 1.54) is 12.3 Å². The van der Waals surface area contributed by atoms with E-state index in [0.29, 0.717) is 19.6 Å². The molecule has 0 radical (unpaired) electrons. The lowest BCUT2D eigenvalue weighted by Gasteiger charge is -2.15. The van der Waals surface area contributed by atoms with Crippen LogP contribution in [0.1, 0.15) is 5.01 Å². The monoisotopic (exact) mass is 338 g/mol. The largest absolute Gasteiger partial charge is 0.470 e. The van der Waals surface area contributed by atoms with Gasteiger partial charge in [-0.3, -0.25) is 4.90 Å². The molecule has 2 atom stereocenters. The Kier molecular flexibility index (Phi) is 3.37. The van der Waals surface area contributed by atoms with E-state index < -0.39 is 10.0 Å². The highest BCUT2D eigenvalue weighted by atomic mass is 32.2. The van der Waals surface area contributed by atoms with Crippen LogP contribution in [0.25, 0.3) is 0 Å². The van der Waals surface area contributed by atoms with Crippen molar-refractivity contribution in [2.45, 2.75) is 23.6 Å². The molecule has 0 aliphatic carbocycles. The quantitative estimate of drug-likeness (QED) is 0.856. The van der Waals surface area contributed by atoms with Gasteiger partial charge in [0.05, 0.1) is 12.6 Å². The third-order valence-electron chi connectivity index (χ3n) is 3.78. The van der Waals surface area contributed by atoms with Gasteiger partial charge in [-0.1, -0.05) is 0 Å². The number of hydrogen-bond acceptors (Lipinski definition) is 7. The number of fused-ring (bicyclic) bond motifs is 2. The first-order valence-corrected chi connectivity index (χ1v) is 9.23. The summed E-state index contributed by atoms with van der Waals surface area (Å²) in [4.78, 5) is 10.6. The van der Waals surface area contributed by atoms with E-state index >= 15 is 0 Å². The summed E-state index contributed by atoms with van der Waals surface area (Å²) in [6, 6.07) is 2.83. The Morgan fingerprint density at radius 2 is 2.27 bits per heavy atom. The summed E-state index contributed by atoms with van der Waals surface area (Å²) in [5.74, 6) is 0.179. The summed E-state index contributed by atoms with van der Waals surface area (Å²) in [5, 5.41) is 2.95. The molecule has 7 nitrogen and oxygen atoms in total. The first-order chi connectivity index (χ1) is 10.6. The Balaban J connectivity index is 1.59. The molecule has 0 saturated carbocycles. The fourth-order valence-electron chi connectivity index (χ4n) is 2.81. The van der Waals surface area contributed by atoms with E-state index in [9.17, 15) is 8.42 Å². The molecular weight excluding hydrogens is 324 g/mol. The molecular formula is C13H14N4O3S2. The second-order valence-electron chi connectivity index (χ2n) is 5.31. The molecule has 116 valence electrons. The summed E-state index contributed by atoms with van der Waals surface area (Å²) in [7, 11) is -3.60. The van der Waals surface area contributed by atoms with Crippen LogP contribution in [0.4, 0.5) is 0 Å². The summed E-state index contributed by atoms with van der Waals surface area (Å²) in [6.45, 7) is 1.94. The molecule has 4 heterocycles. The van der Waals surface area contributed by atoms with Gasteiger partial charge in [-0.25, -0.2) is 23.1 Å². The lowest BCUT2D eigenvalue weighted by Crippen LogP contribution is -2.42. The van der Waals surface area contributed by atoms with Gasteiger partial charge < -0.3 is 4.74 Å². The summed E-state index contributed by atoms with van der Waals surface area (Å²) < 4.78 is 33.4. The predicted molar refractivity (Wildman–Crippen MR) is 80.2 cm³/mol. The Morgan fingerprint density at radius 3 is 3.09 bits per heavy atom. The molecule has 1 saturated heterocycles. The van der Waals surface area contributed by atoms with E-state index in [4.69, 9.17) is 4.74 Å². The molecule has 0 bridgehead atoms. The zero-order valence-electron chi connectivity index (χ0n) is 11.5. The molecule has 4 rings (SSSR count). The van der Waals surface area contributed by atoms with Crippen LogP contribution >= 0.6 is 11.3 Å². The van der Waals surface area contributed by atoms with Gasteiger partial charge in [0.1, 0.15) is 16.0 Å². The van der Waals surface area contributed by atoms with E-state index in [1.54, 1.807) is 23.6 Å². The van der Waals surface area contributed by atoms with Gasteiger partial charge >= 0.3 is 0 Å². The van der Waals surface area contributed by atoms with Crippen molar-refractivity contribution in [1.82, 2.24) is 19.6 Å². The van der Waals surface area contributed by atoms with Gasteiger partial charge in [-0.05, 0) is 12.1 Å². The second kappa shape index (κ2) is 5.27. The van der Waals surface area contributed by atoms with Crippen LogP contribution in [0.3, 0.4) is 0 Å². The maximum absolute atomic E-state index is 12.4. The van der Waals surface area contributed by atoms with E-state index in [-0.39, 0.29) is 22.9 Å². The molecule has 9 heteroatoms. The van der Waals surface area contributed by atoms with Gasteiger partial charge in [0.25, 0.3) is 0 Å². The molecule has 1 N–H and O–H groups in total. The van der Waals surface area contributed by atoms with E-state index in [2.05, 4.69) is 19.6 Å². The van der Waals surface area contributed by atoms with Crippen LogP contribution in [-0.2, 0) is 16.6 Å². The summed E-state index contributed by atoms with van der Waals surface area (Å²) >= 11 is 1.59. The standard InChI is InChI=1S/C13H14N4O3S2/c18-22(19)11-2-1-3-15-13(11)20-10-7-17(6-9(10)16-22)8-12-14-4-5-21-12/h1-5,9-10,16H,6-8H2. The molecule has 0 aromatic carbocycles. The average Bonchev–Trinajstić information content (AvgIpc) is 3.08. The fourth-order valence-corrected chi connectivity index (χ4v) is 4.81. The average molecular weight is 338 g/mol. The Morgan fingerprint density at radius 1 is 1.36 bits per heavy atom. The summed E-state index contributed by atoms with van der Waals surface area (Å²) in [5.41, 5.74) is 0. The van der Waals surface area contributed by atoms with Crippen LogP contribution in [0.5, 0.6) is 5.88 Å². The lowest BCUT2D eigenvalue weighted by molar-refractivity contribution is 0.176. The Hall–Kier alpha value is -1.55. The zero-order chi connectivity index (χ0) is 15.2. The highest BCUT2D eigenvalue weighted by Gasteiger charge is 2.41. The van der Waals surface area contributed by atoms with Crippen molar-refractivity contribution in [3.05, 3.63) is 34.9 Å². The maximum atomic E-state index is 12.4. The number of nitrogens with zero attached hydrogens (tertiary/aromatic N) is 3. The van der Waals surface area contributed by atoms with Crippen molar-refractivity contribution in [3.8, 4) is 5.88 Å². The van der Waals surface area contributed by atoms with Crippen LogP contribution < -0.4 is 9.46 Å². The normalized spacial score (nSPS) is 26.7. The van der Waals surface area contributed by atoms with Gasteiger partial charge in [-0.15, -0.1) is 11.3 Å². The fraction of sp³-hybridized carbons (Fsp3) is 0.385. The number of aromatic nitrogens is 2. The first kappa shape index (κ1) is 14.1. The van der Waals surface area contributed by atoms with Crippen molar-refractivity contribution >= 4 is 21.4 Å². The number of likely N-dealkylation sites (tertiary alicyclic amines) is 1. The molecule has 0 spiro atoms. The molecule has 2 aliphatic heterocycles. The number of hydrogen-bond donors (Lipinski definition) is 1. The smallest absolute Gasteiger partial charge is 0.246 e. The molecule has 1 fully saturated rings. The van der Waals surface area contributed by atoms with Crippen molar-refractivity contribution < 1.29 is 13.2 Å². The van der Waals surface area contributed by atoms with Crippen molar-refractivity contribution in [2.75, 3.05) is 13.1 Å². The number of pyridine rings is 1. The SMILES string of the molecule is O=S1(=O)NC2CN(Cc3nccs3)CC2Oc2ncccc21. The zero-order valence-corrected chi connectivity index (χ0v) is 13.2. The van der Waals surface area contributed by atoms with E-state index in [1.807, 2.05) is 5.38 Å².